The second-order valence-corrected chi connectivity index (χ2v) is 12.3. The minimum absolute atomic E-state index is 0.0161. The molecule has 194 valence electrons. The van der Waals surface area contributed by atoms with Gasteiger partial charge in [-0.2, -0.15) is 0 Å². The number of rotatable bonds is 9. The fourth-order valence-corrected chi connectivity index (χ4v) is 6.20. The zero-order chi connectivity index (χ0) is 26.2. The van der Waals surface area contributed by atoms with E-state index in [4.69, 9.17) is 11.6 Å². The third kappa shape index (κ3) is 8.07. The van der Waals surface area contributed by atoms with Gasteiger partial charge in [0.25, 0.3) is 10.0 Å². The first-order valence-corrected chi connectivity index (χ1v) is 14.9. The molecule has 0 saturated heterocycles. The van der Waals surface area contributed by atoms with E-state index >= 15 is 0 Å². The first-order valence-electron chi connectivity index (χ1n) is 11.4. The zero-order valence-electron chi connectivity index (χ0n) is 19.4. The van der Waals surface area contributed by atoms with E-state index in [2.05, 4.69) is 10.6 Å². The maximum absolute atomic E-state index is 12.5. The molecule has 3 amide bonds. The SMILES string of the molecule is O=C(/C=C/S(=O)(=O)c1ccccc1Cl)NCCc1ccc(S(=O)(=O)NC(=O)NC2CCCCC2)cc1. The maximum Gasteiger partial charge on any atom is 0.328 e. The number of hydrogen-bond donors (Lipinski definition) is 3. The van der Waals surface area contributed by atoms with Crippen LogP contribution in [-0.2, 0) is 31.1 Å². The fraction of sp³-hybridized carbons (Fsp3) is 0.333. The van der Waals surface area contributed by atoms with Crippen LogP contribution >= 0.6 is 11.6 Å². The molecule has 0 heterocycles. The van der Waals surface area contributed by atoms with Crippen LogP contribution in [0.25, 0.3) is 0 Å². The second-order valence-electron chi connectivity index (χ2n) is 8.38. The molecule has 2 aromatic rings. The summed E-state index contributed by atoms with van der Waals surface area (Å²) in [6.45, 7) is 0.198. The summed E-state index contributed by atoms with van der Waals surface area (Å²) >= 11 is 5.90. The summed E-state index contributed by atoms with van der Waals surface area (Å²) in [6, 6.07) is 11.1. The normalized spacial score (nSPS) is 14.9. The Balaban J connectivity index is 1.47. The fourth-order valence-electron chi connectivity index (χ4n) is 3.77. The molecule has 0 aliphatic heterocycles. The molecule has 0 bridgehead atoms. The Morgan fingerprint density at radius 3 is 2.28 bits per heavy atom. The van der Waals surface area contributed by atoms with Gasteiger partial charge in [-0.25, -0.2) is 26.4 Å². The topological polar surface area (TPSA) is 139 Å². The van der Waals surface area contributed by atoms with Gasteiger partial charge in [-0.3, -0.25) is 4.79 Å². The molecule has 1 aliphatic rings. The van der Waals surface area contributed by atoms with Gasteiger partial charge in [0.1, 0.15) is 0 Å². The molecule has 1 aliphatic carbocycles. The van der Waals surface area contributed by atoms with Crippen molar-refractivity contribution < 1.29 is 26.4 Å². The number of halogens is 1. The number of amides is 3. The summed E-state index contributed by atoms with van der Waals surface area (Å²) in [5, 5.41) is 6.14. The van der Waals surface area contributed by atoms with Crippen molar-refractivity contribution in [3.63, 3.8) is 0 Å². The lowest BCUT2D eigenvalue weighted by molar-refractivity contribution is -0.116. The van der Waals surface area contributed by atoms with Gasteiger partial charge in [0, 0.05) is 24.1 Å². The van der Waals surface area contributed by atoms with Gasteiger partial charge in [-0.15, -0.1) is 0 Å². The van der Waals surface area contributed by atoms with E-state index in [-0.39, 0.29) is 27.4 Å². The van der Waals surface area contributed by atoms with Crippen molar-refractivity contribution in [2.75, 3.05) is 6.54 Å². The summed E-state index contributed by atoms with van der Waals surface area (Å²) < 4.78 is 51.6. The highest BCUT2D eigenvalue weighted by atomic mass is 35.5. The third-order valence-corrected chi connectivity index (χ3v) is 8.91. The quantitative estimate of drug-likeness (QED) is 0.407. The number of sulfone groups is 1. The number of sulfonamides is 1. The Labute approximate surface area is 216 Å². The molecule has 1 fully saturated rings. The van der Waals surface area contributed by atoms with E-state index in [1.54, 1.807) is 18.2 Å². The number of carbonyl (C=O) groups is 2. The lowest BCUT2D eigenvalue weighted by Crippen LogP contribution is -2.45. The van der Waals surface area contributed by atoms with Crippen LogP contribution < -0.4 is 15.4 Å². The van der Waals surface area contributed by atoms with Gasteiger partial charge < -0.3 is 10.6 Å². The zero-order valence-corrected chi connectivity index (χ0v) is 21.8. The van der Waals surface area contributed by atoms with Crippen LogP contribution in [-0.4, -0.2) is 41.4 Å². The summed E-state index contributed by atoms with van der Waals surface area (Å²) in [5.74, 6) is -0.599. The van der Waals surface area contributed by atoms with Crippen molar-refractivity contribution in [1.29, 1.82) is 0 Å². The number of benzene rings is 2. The van der Waals surface area contributed by atoms with Crippen LogP contribution in [0.3, 0.4) is 0 Å². The molecule has 12 heteroatoms. The van der Waals surface area contributed by atoms with Crippen molar-refractivity contribution in [2.45, 2.75) is 54.4 Å². The molecule has 1 saturated carbocycles. The van der Waals surface area contributed by atoms with Crippen LogP contribution in [0.15, 0.2) is 69.8 Å². The Hall–Kier alpha value is -2.89. The average Bonchev–Trinajstić information content (AvgIpc) is 2.83. The highest BCUT2D eigenvalue weighted by Gasteiger charge is 2.21. The van der Waals surface area contributed by atoms with E-state index in [0.29, 0.717) is 6.42 Å². The molecular weight excluding hydrogens is 526 g/mol. The minimum Gasteiger partial charge on any atom is -0.352 e. The van der Waals surface area contributed by atoms with Crippen LogP contribution in [0, 0.1) is 0 Å². The van der Waals surface area contributed by atoms with Gasteiger partial charge in [0.2, 0.25) is 15.7 Å². The molecule has 2 aromatic carbocycles. The number of hydrogen-bond acceptors (Lipinski definition) is 6. The van der Waals surface area contributed by atoms with Crippen LogP contribution in [0.1, 0.15) is 37.7 Å². The molecule has 0 unspecified atom stereocenters. The predicted molar refractivity (Wildman–Crippen MR) is 137 cm³/mol. The molecule has 3 N–H and O–H groups in total. The van der Waals surface area contributed by atoms with Crippen molar-refractivity contribution in [3.8, 4) is 0 Å². The molecule has 0 radical (unpaired) electrons. The van der Waals surface area contributed by atoms with Crippen LogP contribution in [0.4, 0.5) is 4.79 Å². The van der Waals surface area contributed by atoms with Crippen molar-refractivity contribution in [3.05, 3.63) is 70.6 Å². The molecule has 0 atom stereocenters. The Morgan fingerprint density at radius 2 is 1.61 bits per heavy atom. The largest absolute Gasteiger partial charge is 0.352 e. The number of carbonyl (C=O) groups excluding carboxylic acids is 2. The van der Waals surface area contributed by atoms with Crippen molar-refractivity contribution in [2.24, 2.45) is 0 Å². The van der Waals surface area contributed by atoms with E-state index in [0.717, 1.165) is 49.2 Å². The average molecular weight is 554 g/mol. The smallest absolute Gasteiger partial charge is 0.328 e. The van der Waals surface area contributed by atoms with Crippen LogP contribution in [0.2, 0.25) is 5.02 Å². The predicted octanol–water partition coefficient (Wildman–Crippen LogP) is 3.31. The summed E-state index contributed by atoms with van der Waals surface area (Å²) in [7, 11) is -7.88. The molecule has 0 aromatic heterocycles. The lowest BCUT2D eigenvalue weighted by Gasteiger charge is -2.22. The van der Waals surface area contributed by atoms with Gasteiger partial charge in [0.05, 0.1) is 14.8 Å². The second kappa shape index (κ2) is 12.4. The molecule has 0 spiro atoms. The van der Waals surface area contributed by atoms with Gasteiger partial charge in [-0.1, -0.05) is 55.1 Å². The third-order valence-electron chi connectivity index (χ3n) is 5.66. The highest BCUT2D eigenvalue weighted by Crippen LogP contribution is 2.22. The standard InChI is InChI=1S/C24H28ClN3O6S2/c25-21-8-4-5-9-22(21)35(31,32)17-15-23(29)26-16-14-18-10-12-20(13-11-18)36(33,34)28-24(30)27-19-6-2-1-3-7-19/h4-5,8-13,15,17,19H,1-3,6-7,14,16H2,(H,26,29)(H2,27,28,30)/b17-15+. The monoisotopic (exact) mass is 553 g/mol. The Kier molecular flexibility index (Phi) is 9.52. The molecule has 3 rings (SSSR count). The number of urea groups is 1. The van der Waals surface area contributed by atoms with Gasteiger partial charge in [-0.05, 0) is 49.1 Å². The van der Waals surface area contributed by atoms with Gasteiger partial charge >= 0.3 is 6.03 Å². The van der Waals surface area contributed by atoms with Crippen molar-refractivity contribution in [1.82, 2.24) is 15.4 Å². The molecule has 9 nitrogen and oxygen atoms in total. The first-order chi connectivity index (χ1) is 17.1. The van der Waals surface area contributed by atoms with E-state index in [1.165, 1.54) is 30.3 Å². The highest BCUT2D eigenvalue weighted by molar-refractivity contribution is 7.94. The first kappa shape index (κ1) is 27.7. The Bertz CT molecular complexity index is 1320. The van der Waals surface area contributed by atoms with Gasteiger partial charge in [0.15, 0.2) is 0 Å². The Morgan fingerprint density at radius 1 is 0.944 bits per heavy atom. The lowest BCUT2D eigenvalue weighted by atomic mass is 9.96. The van der Waals surface area contributed by atoms with Crippen LogP contribution in [0.5, 0.6) is 0 Å². The van der Waals surface area contributed by atoms with Crippen molar-refractivity contribution >= 4 is 43.4 Å². The summed E-state index contributed by atoms with van der Waals surface area (Å²) in [5.41, 5.74) is 0.744. The van der Waals surface area contributed by atoms with E-state index in [9.17, 15) is 26.4 Å². The number of nitrogens with one attached hydrogen (secondary N) is 3. The molecular formula is C24H28ClN3O6S2. The molecule has 36 heavy (non-hydrogen) atoms. The van der Waals surface area contributed by atoms with E-state index < -0.39 is 31.8 Å². The summed E-state index contributed by atoms with van der Waals surface area (Å²) in [6.07, 6.45) is 6.12. The van der Waals surface area contributed by atoms with E-state index in [1.807, 2.05) is 4.72 Å². The maximum atomic E-state index is 12.5. The summed E-state index contributed by atoms with van der Waals surface area (Å²) in [4.78, 5) is 24.0. The minimum atomic E-state index is -4.02.